The van der Waals surface area contributed by atoms with Gasteiger partial charge in [0, 0.05) is 20.2 Å². The van der Waals surface area contributed by atoms with Crippen LogP contribution in [0.5, 0.6) is 0 Å². The maximum Gasteiger partial charge on any atom is 0.0936 e. The van der Waals surface area contributed by atoms with Gasteiger partial charge in [0.2, 0.25) is 0 Å². The van der Waals surface area contributed by atoms with Gasteiger partial charge in [0.05, 0.1) is 18.8 Å². The predicted molar refractivity (Wildman–Crippen MR) is 39.1 cm³/mol. The maximum absolute atomic E-state index is 5.54. The van der Waals surface area contributed by atoms with Crippen molar-refractivity contribution in [3.05, 3.63) is 0 Å². The van der Waals surface area contributed by atoms with E-state index < -0.39 is 0 Å². The first-order valence-corrected chi connectivity index (χ1v) is 3.68. The van der Waals surface area contributed by atoms with Gasteiger partial charge in [-0.2, -0.15) is 0 Å². The normalized spacial score (nSPS) is 34.2. The van der Waals surface area contributed by atoms with E-state index in [4.69, 9.17) is 9.47 Å². The number of ether oxygens (including phenoxy) is 2. The van der Waals surface area contributed by atoms with E-state index in [1.54, 1.807) is 7.11 Å². The third-order valence-corrected chi connectivity index (χ3v) is 1.58. The van der Waals surface area contributed by atoms with Gasteiger partial charge in [0.15, 0.2) is 0 Å². The summed E-state index contributed by atoms with van der Waals surface area (Å²) in [5.74, 6) is 0. The lowest BCUT2D eigenvalue weighted by molar-refractivity contribution is -0.0602. The van der Waals surface area contributed by atoms with Crippen LogP contribution in [0.2, 0.25) is 0 Å². The summed E-state index contributed by atoms with van der Waals surface area (Å²) in [6.45, 7) is 4.63. The molecule has 1 rings (SSSR count). The van der Waals surface area contributed by atoms with Gasteiger partial charge in [-0.15, -0.1) is 0 Å². The van der Waals surface area contributed by atoms with Crippen LogP contribution < -0.4 is 5.32 Å². The Hall–Kier alpha value is -0.120. The molecule has 3 nitrogen and oxygen atoms in total. The Bertz CT molecular complexity index is 95.6. The number of nitrogens with one attached hydrogen (secondary N) is 1. The Labute approximate surface area is 61.7 Å². The second kappa shape index (κ2) is 3.91. The number of hydrogen-bond donors (Lipinski definition) is 1. The molecule has 1 fully saturated rings. The van der Waals surface area contributed by atoms with Crippen LogP contribution in [-0.4, -0.2) is 39.0 Å². The first kappa shape index (κ1) is 7.98. The molecule has 10 heavy (non-hydrogen) atoms. The van der Waals surface area contributed by atoms with Gasteiger partial charge in [-0.1, -0.05) is 0 Å². The van der Waals surface area contributed by atoms with Crippen LogP contribution in [0, 0.1) is 0 Å². The first-order chi connectivity index (χ1) is 4.83. The van der Waals surface area contributed by atoms with E-state index in [9.17, 15) is 0 Å². The average Bonchev–Trinajstić information content (AvgIpc) is 1.88. The quantitative estimate of drug-likeness (QED) is 0.593. The minimum absolute atomic E-state index is 0.244. The fraction of sp³-hybridized carbons (Fsp3) is 1.00. The Kier molecular flexibility index (Phi) is 3.12. The molecule has 0 unspecified atom stereocenters. The maximum atomic E-state index is 5.54. The van der Waals surface area contributed by atoms with E-state index in [2.05, 4.69) is 12.2 Å². The molecule has 0 amide bonds. The standard InChI is InChI=1S/C7H15NO2/c1-6-3-8-4-7(10-6)5-9-2/h6-8H,3-5H2,1-2H3/t6-,7-/m0/s1. The summed E-state index contributed by atoms with van der Waals surface area (Å²) >= 11 is 0. The highest BCUT2D eigenvalue weighted by atomic mass is 16.5. The molecule has 3 heteroatoms. The molecule has 0 radical (unpaired) electrons. The number of methoxy groups -OCH3 is 1. The van der Waals surface area contributed by atoms with Gasteiger partial charge in [-0.05, 0) is 6.92 Å². The lowest BCUT2D eigenvalue weighted by atomic mass is 10.2. The first-order valence-electron chi connectivity index (χ1n) is 3.68. The van der Waals surface area contributed by atoms with Crippen LogP contribution >= 0.6 is 0 Å². The van der Waals surface area contributed by atoms with Crippen LogP contribution in [0.3, 0.4) is 0 Å². The Balaban J connectivity index is 2.18. The van der Waals surface area contributed by atoms with Crippen molar-refractivity contribution in [3.8, 4) is 0 Å². The average molecular weight is 145 g/mol. The predicted octanol–water partition coefficient (Wildman–Crippen LogP) is 0.00970. The minimum Gasteiger partial charge on any atom is -0.382 e. The summed E-state index contributed by atoms with van der Waals surface area (Å²) in [6.07, 6.45) is 0.572. The number of hydrogen-bond acceptors (Lipinski definition) is 3. The molecule has 0 spiro atoms. The van der Waals surface area contributed by atoms with Crippen molar-refractivity contribution in [1.29, 1.82) is 0 Å². The summed E-state index contributed by atoms with van der Waals surface area (Å²) in [7, 11) is 1.70. The van der Waals surface area contributed by atoms with Crippen molar-refractivity contribution in [2.75, 3.05) is 26.8 Å². The molecule has 0 aromatic heterocycles. The fourth-order valence-corrected chi connectivity index (χ4v) is 1.16. The van der Waals surface area contributed by atoms with E-state index in [0.717, 1.165) is 13.1 Å². The van der Waals surface area contributed by atoms with E-state index in [1.807, 2.05) is 0 Å². The third-order valence-electron chi connectivity index (χ3n) is 1.58. The monoisotopic (exact) mass is 145 g/mol. The van der Waals surface area contributed by atoms with E-state index in [0.29, 0.717) is 12.7 Å². The molecule has 0 aromatic rings. The molecule has 0 aromatic carbocycles. The second-order valence-electron chi connectivity index (χ2n) is 2.68. The minimum atomic E-state index is 0.244. The van der Waals surface area contributed by atoms with Crippen LogP contribution in [0.25, 0.3) is 0 Å². The van der Waals surface area contributed by atoms with Crippen molar-refractivity contribution >= 4 is 0 Å². The van der Waals surface area contributed by atoms with E-state index >= 15 is 0 Å². The Morgan fingerprint density at radius 3 is 3.00 bits per heavy atom. The molecule has 1 aliphatic heterocycles. The van der Waals surface area contributed by atoms with Crippen molar-refractivity contribution in [2.45, 2.75) is 19.1 Å². The summed E-state index contributed by atoms with van der Waals surface area (Å²) in [5, 5.41) is 3.26. The van der Waals surface area contributed by atoms with Crippen LogP contribution in [0.15, 0.2) is 0 Å². The van der Waals surface area contributed by atoms with Crippen LogP contribution in [0.4, 0.5) is 0 Å². The molecule has 1 aliphatic rings. The lowest BCUT2D eigenvalue weighted by Crippen LogP contribution is -2.45. The van der Waals surface area contributed by atoms with E-state index in [1.165, 1.54) is 0 Å². The number of rotatable bonds is 2. The van der Waals surface area contributed by atoms with Gasteiger partial charge in [0.25, 0.3) is 0 Å². The molecule has 2 atom stereocenters. The topological polar surface area (TPSA) is 30.5 Å². The molecule has 1 N–H and O–H groups in total. The van der Waals surface area contributed by atoms with Crippen LogP contribution in [-0.2, 0) is 9.47 Å². The SMILES string of the molecule is COC[C@@H]1CNC[C@H](C)O1. The molecule has 0 aliphatic carbocycles. The van der Waals surface area contributed by atoms with Crippen LogP contribution in [0.1, 0.15) is 6.92 Å². The highest BCUT2D eigenvalue weighted by Crippen LogP contribution is 2.02. The molecular formula is C7H15NO2. The largest absolute Gasteiger partial charge is 0.382 e. The molecule has 1 saturated heterocycles. The third kappa shape index (κ3) is 2.25. The Morgan fingerprint density at radius 2 is 2.40 bits per heavy atom. The lowest BCUT2D eigenvalue weighted by Gasteiger charge is -2.27. The zero-order valence-electron chi connectivity index (χ0n) is 6.59. The summed E-state index contributed by atoms with van der Waals surface area (Å²) in [5.41, 5.74) is 0. The molecule has 60 valence electrons. The zero-order chi connectivity index (χ0) is 7.40. The van der Waals surface area contributed by atoms with Gasteiger partial charge < -0.3 is 14.8 Å². The molecule has 1 heterocycles. The van der Waals surface area contributed by atoms with Gasteiger partial charge >= 0.3 is 0 Å². The molecule has 0 bridgehead atoms. The van der Waals surface area contributed by atoms with Gasteiger partial charge in [0.1, 0.15) is 0 Å². The summed E-state index contributed by atoms with van der Waals surface area (Å²) < 4.78 is 10.5. The van der Waals surface area contributed by atoms with Crippen molar-refractivity contribution in [2.24, 2.45) is 0 Å². The smallest absolute Gasteiger partial charge is 0.0936 e. The number of morpholine rings is 1. The van der Waals surface area contributed by atoms with Crippen molar-refractivity contribution < 1.29 is 9.47 Å². The molecular weight excluding hydrogens is 130 g/mol. The molecule has 0 saturated carbocycles. The highest BCUT2D eigenvalue weighted by molar-refractivity contribution is 4.70. The van der Waals surface area contributed by atoms with Gasteiger partial charge in [-0.25, -0.2) is 0 Å². The second-order valence-corrected chi connectivity index (χ2v) is 2.68. The highest BCUT2D eigenvalue weighted by Gasteiger charge is 2.17. The van der Waals surface area contributed by atoms with Crippen molar-refractivity contribution in [3.63, 3.8) is 0 Å². The van der Waals surface area contributed by atoms with Gasteiger partial charge in [-0.3, -0.25) is 0 Å². The van der Waals surface area contributed by atoms with Crippen molar-refractivity contribution in [1.82, 2.24) is 5.32 Å². The summed E-state index contributed by atoms with van der Waals surface area (Å²) in [6, 6.07) is 0. The van der Waals surface area contributed by atoms with E-state index in [-0.39, 0.29) is 6.10 Å². The fourth-order valence-electron chi connectivity index (χ4n) is 1.16. The summed E-state index contributed by atoms with van der Waals surface area (Å²) in [4.78, 5) is 0. The zero-order valence-corrected chi connectivity index (χ0v) is 6.59. The Morgan fingerprint density at radius 1 is 1.60 bits per heavy atom.